The lowest BCUT2D eigenvalue weighted by Crippen LogP contribution is -2.19. The van der Waals surface area contributed by atoms with E-state index in [1.807, 2.05) is 0 Å². The van der Waals surface area contributed by atoms with Gasteiger partial charge in [-0.05, 0) is 33.3 Å². The lowest BCUT2D eigenvalue weighted by molar-refractivity contribution is -0.212. The summed E-state index contributed by atoms with van der Waals surface area (Å²) in [5.74, 6) is -0.606. The van der Waals surface area contributed by atoms with Crippen molar-refractivity contribution in [3.63, 3.8) is 0 Å². The first-order valence-electron chi connectivity index (χ1n) is 6.12. The van der Waals surface area contributed by atoms with Crippen LogP contribution < -0.4 is 5.11 Å². The SMILES string of the molecule is CC(C)OP(=O)(N=C([O-])c1ccccc1)OC(C)C. The van der Waals surface area contributed by atoms with Gasteiger partial charge in [0.25, 0.3) is 0 Å². The first-order chi connectivity index (χ1) is 8.82. The van der Waals surface area contributed by atoms with Crippen molar-refractivity contribution in [3.05, 3.63) is 35.9 Å². The fourth-order valence-electron chi connectivity index (χ4n) is 1.35. The third-order valence-corrected chi connectivity index (χ3v) is 3.72. The number of hydrogen-bond donors (Lipinski definition) is 0. The third-order valence-electron chi connectivity index (χ3n) is 1.92. The Balaban J connectivity index is 3.02. The molecule has 1 rings (SSSR count). The molecule has 6 heteroatoms. The molecular formula is C13H19NO4P-. The van der Waals surface area contributed by atoms with E-state index < -0.39 is 13.6 Å². The first-order valence-corrected chi connectivity index (χ1v) is 7.61. The lowest BCUT2D eigenvalue weighted by atomic mass is 10.2. The van der Waals surface area contributed by atoms with Gasteiger partial charge in [-0.3, -0.25) is 9.05 Å². The Morgan fingerprint density at radius 1 is 1.11 bits per heavy atom. The van der Waals surface area contributed by atoms with Crippen LogP contribution >= 0.6 is 7.75 Å². The maximum Gasteiger partial charge on any atom is 0.453 e. The molecule has 0 aliphatic rings. The zero-order valence-electron chi connectivity index (χ0n) is 11.6. The van der Waals surface area contributed by atoms with E-state index >= 15 is 0 Å². The van der Waals surface area contributed by atoms with E-state index in [-0.39, 0.29) is 12.2 Å². The molecule has 1 aromatic carbocycles. The van der Waals surface area contributed by atoms with Crippen molar-refractivity contribution in [3.8, 4) is 0 Å². The normalized spacial score (nSPS) is 13.3. The molecule has 0 aliphatic heterocycles. The van der Waals surface area contributed by atoms with Gasteiger partial charge in [0.15, 0.2) is 0 Å². The molecular weight excluding hydrogens is 265 g/mol. The van der Waals surface area contributed by atoms with Gasteiger partial charge in [0.1, 0.15) is 0 Å². The number of benzene rings is 1. The second kappa shape index (κ2) is 6.85. The van der Waals surface area contributed by atoms with Crippen LogP contribution in [0.4, 0.5) is 0 Å². The van der Waals surface area contributed by atoms with Crippen molar-refractivity contribution in [2.75, 3.05) is 0 Å². The van der Waals surface area contributed by atoms with Gasteiger partial charge in [-0.25, -0.2) is 4.57 Å². The fraction of sp³-hybridized carbons (Fsp3) is 0.462. The largest absolute Gasteiger partial charge is 0.858 e. The minimum absolute atomic E-state index is 0.349. The highest BCUT2D eigenvalue weighted by Gasteiger charge is 2.26. The molecule has 0 radical (unpaired) electrons. The van der Waals surface area contributed by atoms with Crippen molar-refractivity contribution >= 4 is 13.6 Å². The average molecular weight is 284 g/mol. The molecule has 0 aromatic heterocycles. The minimum atomic E-state index is -3.78. The summed E-state index contributed by atoms with van der Waals surface area (Å²) in [6.07, 6.45) is -0.700. The highest BCUT2D eigenvalue weighted by Crippen LogP contribution is 2.52. The molecule has 0 fully saturated rings. The molecule has 5 nitrogen and oxygen atoms in total. The standard InChI is InChI=1S/C13H20NO4P/c1-10(2)17-19(16,18-11(3)4)14-13(15)12-8-6-5-7-9-12/h5-11H,1-4H3,(H,14,15,16)/p-1. The van der Waals surface area contributed by atoms with Crippen LogP contribution in [-0.2, 0) is 13.6 Å². The summed E-state index contributed by atoms with van der Waals surface area (Å²) in [5.41, 5.74) is 0.349. The summed E-state index contributed by atoms with van der Waals surface area (Å²) in [5, 5.41) is 11.9. The molecule has 0 saturated carbocycles. The zero-order chi connectivity index (χ0) is 14.5. The molecule has 0 N–H and O–H groups in total. The Bertz CT molecular complexity index is 457. The summed E-state index contributed by atoms with van der Waals surface area (Å²) >= 11 is 0. The zero-order valence-corrected chi connectivity index (χ0v) is 12.5. The van der Waals surface area contributed by atoms with Gasteiger partial charge < -0.3 is 5.11 Å². The van der Waals surface area contributed by atoms with Crippen LogP contribution in [0.1, 0.15) is 33.3 Å². The molecule has 0 spiro atoms. The Labute approximate surface area is 113 Å². The summed E-state index contributed by atoms with van der Waals surface area (Å²) in [7, 11) is -3.78. The van der Waals surface area contributed by atoms with Gasteiger partial charge in [-0.2, -0.15) is 4.76 Å². The second-order valence-corrected chi connectivity index (χ2v) is 6.11. The molecule has 0 atom stereocenters. The van der Waals surface area contributed by atoms with Crippen LogP contribution in [0.5, 0.6) is 0 Å². The van der Waals surface area contributed by atoms with Gasteiger partial charge in [0, 0.05) is 5.90 Å². The monoisotopic (exact) mass is 284 g/mol. The van der Waals surface area contributed by atoms with Crippen LogP contribution in [0.15, 0.2) is 35.1 Å². The molecule has 0 aliphatic carbocycles. The first kappa shape index (κ1) is 15.9. The van der Waals surface area contributed by atoms with E-state index in [0.29, 0.717) is 5.56 Å². The van der Waals surface area contributed by atoms with Crippen LogP contribution in [0.3, 0.4) is 0 Å². The minimum Gasteiger partial charge on any atom is -0.858 e. The highest BCUT2D eigenvalue weighted by molar-refractivity contribution is 7.52. The van der Waals surface area contributed by atoms with Gasteiger partial charge in [0.2, 0.25) is 0 Å². The quantitative estimate of drug-likeness (QED) is 0.457. The van der Waals surface area contributed by atoms with Crippen molar-refractivity contribution in [1.29, 1.82) is 0 Å². The van der Waals surface area contributed by atoms with Crippen molar-refractivity contribution in [2.24, 2.45) is 4.76 Å². The molecule has 1 aromatic rings. The summed E-state index contributed by atoms with van der Waals surface area (Å²) in [6.45, 7) is 6.83. The summed E-state index contributed by atoms with van der Waals surface area (Å²) in [4.78, 5) is 0. The average Bonchev–Trinajstić information content (AvgIpc) is 2.27. The van der Waals surface area contributed by atoms with E-state index in [9.17, 15) is 9.67 Å². The van der Waals surface area contributed by atoms with E-state index in [1.165, 1.54) is 0 Å². The van der Waals surface area contributed by atoms with Gasteiger partial charge >= 0.3 is 7.75 Å². The predicted octanol–water partition coefficient (Wildman–Crippen LogP) is 2.75. The Kier molecular flexibility index (Phi) is 5.73. The third kappa shape index (κ3) is 5.55. The molecule has 0 amide bonds. The van der Waals surface area contributed by atoms with Crippen molar-refractivity contribution in [2.45, 2.75) is 39.9 Å². The summed E-state index contributed by atoms with van der Waals surface area (Å²) < 4.78 is 26.4. The van der Waals surface area contributed by atoms with Crippen LogP contribution in [0.25, 0.3) is 0 Å². The Morgan fingerprint density at radius 2 is 1.58 bits per heavy atom. The highest BCUT2D eigenvalue weighted by atomic mass is 31.2. The van der Waals surface area contributed by atoms with Gasteiger partial charge in [-0.15, -0.1) is 0 Å². The molecule has 0 saturated heterocycles. The molecule has 0 unspecified atom stereocenters. The number of rotatable bonds is 6. The smallest absolute Gasteiger partial charge is 0.453 e. The van der Waals surface area contributed by atoms with Crippen LogP contribution in [0, 0.1) is 0 Å². The van der Waals surface area contributed by atoms with E-state index in [2.05, 4.69) is 4.76 Å². The van der Waals surface area contributed by atoms with Crippen molar-refractivity contribution in [1.82, 2.24) is 0 Å². The van der Waals surface area contributed by atoms with Crippen molar-refractivity contribution < 1.29 is 18.7 Å². The van der Waals surface area contributed by atoms with Crippen LogP contribution in [-0.4, -0.2) is 18.1 Å². The lowest BCUT2D eigenvalue weighted by Gasteiger charge is -2.21. The fourth-order valence-corrected chi connectivity index (χ4v) is 2.90. The number of nitrogens with zero attached hydrogens (tertiary/aromatic N) is 1. The second-order valence-electron chi connectivity index (χ2n) is 4.55. The van der Waals surface area contributed by atoms with E-state index in [1.54, 1.807) is 58.0 Å². The summed E-state index contributed by atoms with van der Waals surface area (Å²) in [6, 6.07) is 8.40. The van der Waals surface area contributed by atoms with Crippen LogP contribution in [0.2, 0.25) is 0 Å². The number of hydrogen-bond acceptors (Lipinski definition) is 4. The predicted molar refractivity (Wildman–Crippen MR) is 73.0 cm³/mol. The van der Waals surface area contributed by atoms with E-state index in [0.717, 1.165) is 0 Å². The maximum atomic E-state index is 12.4. The van der Waals surface area contributed by atoms with Gasteiger partial charge in [-0.1, -0.05) is 30.3 Å². The van der Waals surface area contributed by atoms with Gasteiger partial charge in [0.05, 0.1) is 12.2 Å². The topological polar surface area (TPSA) is 71.0 Å². The molecule has 0 bridgehead atoms. The van der Waals surface area contributed by atoms with E-state index in [4.69, 9.17) is 9.05 Å². The molecule has 0 heterocycles. The molecule has 19 heavy (non-hydrogen) atoms. The molecule has 106 valence electrons. The Hall–Kier alpha value is -1.16. The Morgan fingerprint density at radius 3 is 2.00 bits per heavy atom. The maximum absolute atomic E-state index is 12.4.